The van der Waals surface area contributed by atoms with Crippen molar-refractivity contribution in [1.82, 2.24) is 9.30 Å². The lowest BCUT2D eigenvalue weighted by Crippen LogP contribution is -2.50. The molecule has 3 heterocycles. The van der Waals surface area contributed by atoms with E-state index < -0.39 is 11.7 Å². The van der Waals surface area contributed by atoms with Crippen LogP contribution in [0.25, 0.3) is 16.6 Å². The molecule has 2 aromatic heterocycles. The van der Waals surface area contributed by atoms with Gasteiger partial charge in [-0.1, -0.05) is 36.4 Å². The standard InChI is InChI=1S/C22H22N2O3/c1-15-13-23(14-16(2)27-15)22(26)21(25)20-19(17-8-4-3-5-9-17)12-18-10-6-7-11-24(18)20/h3-12,15-16H,13-14H2,1-2H3/t15-,16-/m1/s1. The molecule has 0 saturated carbocycles. The number of rotatable bonds is 3. The zero-order valence-electron chi connectivity index (χ0n) is 15.5. The molecule has 4 rings (SSSR count). The van der Waals surface area contributed by atoms with Crippen molar-refractivity contribution < 1.29 is 14.3 Å². The highest BCUT2D eigenvalue weighted by Gasteiger charge is 2.32. The lowest BCUT2D eigenvalue weighted by atomic mass is 10.0. The van der Waals surface area contributed by atoms with Crippen molar-refractivity contribution in [3.8, 4) is 11.1 Å². The van der Waals surface area contributed by atoms with Crippen molar-refractivity contribution >= 4 is 17.2 Å². The van der Waals surface area contributed by atoms with E-state index in [2.05, 4.69) is 0 Å². The molecule has 5 heteroatoms. The summed E-state index contributed by atoms with van der Waals surface area (Å²) in [5, 5.41) is 0. The summed E-state index contributed by atoms with van der Waals surface area (Å²) in [6.45, 7) is 4.70. The largest absolute Gasteiger partial charge is 0.372 e. The second-order valence-corrected chi connectivity index (χ2v) is 7.06. The van der Waals surface area contributed by atoms with Gasteiger partial charge in [0.25, 0.3) is 11.7 Å². The van der Waals surface area contributed by atoms with E-state index in [1.807, 2.05) is 74.6 Å². The van der Waals surface area contributed by atoms with E-state index in [0.717, 1.165) is 16.6 Å². The fourth-order valence-corrected chi connectivity index (χ4v) is 3.78. The van der Waals surface area contributed by atoms with Gasteiger partial charge in [-0.2, -0.15) is 0 Å². The van der Waals surface area contributed by atoms with Crippen molar-refractivity contribution in [2.45, 2.75) is 26.1 Å². The Labute approximate surface area is 158 Å². The molecule has 0 spiro atoms. The van der Waals surface area contributed by atoms with Crippen molar-refractivity contribution in [3.63, 3.8) is 0 Å². The molecule has 5 nitrogen and oxygen atoms in total. The molecule has 0 unspecified atom stereocenters. The first kappa shape index (κ1) is 17.5. The molecule has 3 aromatic rings. The predicted octanol–water partition coefficient (Wildman–Crippen LogP) is 3.42. The first-order chi connectivity index (χ1) is 13.0. The second kappa shape index (κ2) is 7.00. The number of hydrogen-bond acceptors (Lipinski definition) is 3. The lowest BCUT2D eigenvalue weighted by Gasteiger charge is -2.34. The number of benzene rings is 1. The third-order valence-corrected chi connectivity index (χ3v) is 4.88. The Bertz CT molecular complexity index is 983. The second-order valence-electron chi connectivity index (χ2n) is 7.06. The minimum Gasteiger partial charge on any atom is -0.372 e. The third kappa shape index (κ3) is 3.26. The topological polar surface area (TPSA) is 51.0 Å². The Morgan fingerprint density at radius 3 is 2.33 bits per heavy atom. The summed E-state index contributed by atoms with van der Waals surface area (Å²) in [4.78, 5) is 27.9. The number of hydrogen-bond donors (Lipinski definition) is 0. The number of ketones is 1. The Morgan fingerprint density at radius 2 is 1.63 bits per heavy atom. The molecule has 1 aliphatic heterocycles. The van der Waals surface area contributed by atoms with Crippen LogP contribution in [0.3, 0.4) is 0 Å². The van der Waals surface area contributed by atoms with E-state index in [1.54, 1.807) is 9.30 Å². The normalized spacial score (nSPS) is 20.0. The highest BCUT2D eigenvalue weighted by Crippen LogP contribution is 2.28. The van der Waals surface area contributed by atoms with Gasteiger partial charge in [-0.3, -0.25) is 9.59 Å². The summed E-state index contributed by atoms with van der Waals surface area (Å²) >= 11 is 0. The number of ether oxygens (including phenoxy) is 1. The van der Waals surface area contributed by atoms with Gasteiger partial charge >= 0.3 is 0 Å². The highest BCUT2D eigenvalue weighted by molar-refractivity contribution is 6.43. The molecule has 0 aliphatic carbocycles. The molecule has 138 valence electrons. The van der Waals surface area contributed by atoms with E-state index in [9.17, 15) is 9.59 Å². The summed E-state index contributed by atoms with van der Waals surface area (Å²) in [6.07, 6.45) is 1.67. The molecule has 1 aromatic carbocycles. The van der Waals surface area contributed by atoms with Gasteiger partial charge in [0, 0.05) is 30.4 Å². The smallest absolute Gasteiger partial charge is 0.296 e. The monoisotopic (exact) mass is 362 g/mol. The van der Waals surface area contributed by atoms with Crippen LogP contribution in [0.15, 0.2) is 60.8 Å². The van der Waals surface area contributed by atoms with Crippen LogP contribution >= 0.6 is 0 Å². The molecule has 1 fully saturated rings. The van der Waals surface area contributed by atoms with Gasteiger partial charge in [0.1, 0.15) is 5.69 Å². The van der Waals surface area contributed by atoms with Crippen LogP contribution in [0.4, 0.5) is 0 Å². The molecule has 0 bridgehead atoms. The van der Waals surface area contributed by atoms with Crippen LogP contribution in [0.1, 0.15) is 24.3 Å². The van der Waals surface area contributed by atoms with E-state index in [1.165, 1.54) is 0 Å². The highest BCUT2D eigenvalue weighted by atomic mass is 16.5. The fourth-order valence-electron chi connectivity index (χ4n) is 3.78. The molecule has 1 saturated heterocycles. The van der Waals surface area contributed by atoms with Gasteiger partial charge in [-0.25, -0.2) is 0 Å². The van der Waals surface area contributed by atoms with Crippen LogP contribution in [0.2, 0.25) is 0 Å². The average Bonchev–Trinajstić information content (AvgIpc) is 3.06. The minimum atomic E-state index is -0.485. The van der Waals surface area contributed by atoms with Crippen LogP contribution in [-0.4, -0.2) is 46.3 Å². The van der Waals surface area contributed by atoms with Crippen LogP contribution < -0.4 is 0 Å². The summed E-state index contributed by atoms with van der Waals surface area (Å²) in [5.41, 5.74) is 2.99. The Balaban J connectivity index is 1.78. The number of carbonyl (C=O) groups excluding carboxylic acids is 2. The molecule has 1 amide bonds. The fraction of sp³-hybridized carbons (Fsp3) is 0.273. The number of morpholine rings is 1. The SMILES string of the molecule is C[C@@H]1CN(C(=O)C(=O)c2c(-c3ccccc3)cc3ccccn23)C[C@@H](C)O1. The zero-order valence-corrected chi connectivity index (χ0v) is 15.5. The molecule has 0 N–H and O–H groups in total. The Hall–Kier alpha value is -2.92. The van der Waals surface area contributed by atoms with Gasteiger partial charge in [-0.15, -0.1) is 0 Å². The summed E-state index contributed by atoms with van der Waals surface area (Å²) in [6, 6.07) is 17.4. The Morgan fingerprint density at radius 1 is 0.963 bits per heavy atom. The molecule has 1 aliphatic rings. The number of fused-ring (bicyclic) bond motifs is 1. The summed E-state index contributed by atoms with van der Waals surface area (Å²) < 4.78 is 7.49. The van der Waals surface area contributed by atoms with E-state index in [0.29, 0.717) is 18.8 Å². The minimum absolute atomic E-state index is 0.0804. The van der Waals surface area contributed by atoms with Crippen molar-refractivity contribution in [2.75, 3.05) is 13.1 Å². The van der Waals surface area contributed by atoms with Gasteiger partial charge in [-0.05, 0) is 37.6 Å². The van der Waals surface area contributed by atoms with Gasteiger partial charge < -0.3 is 14.0 Å². The van der Waals surface area contributed by atoms with E-state index in [4.69, 9.17) is 4.74 Å². The molecule has 2 atom stereocenters. The number of nitrogens with zero attached hydrogens (tertiary/aromatic N) is 2. The number of amides is 1. The first-order valence-electron chi connectivity index (χ1n) is 9.19. The number of Topliss-reactive ketones (excluding diaryl/α,β-unsaturated/α-hetero) is 1. The molecular weight excluding hydrogens is 340 g/mol. The van der Waals surface area contributed by atoms with Crippen LogP contribution in [0, 0.1) is 0 Å². The van der Waals surface area contributed by atoms with E-state index in [-0.39, 0.29) is 12.2 Å². The average molecular weight is 362 g/mol. The third-order valence-electron chi connectivity index (χ3n) is 4.88. The number of pyridine rings is 1. The lowest BCUT2D eigenvalue weighted by molar-refractivity contribution is -0.138. The van der Waals surface area contributed by atoms with Gasteiger partial charge in [0.15, 0.2) is 0 Å². The van der Waals surface area contributed by atoms with Crippen LogP contribution in [0.5, 0.6) is 0 Å². The number of carbonyl (C=O) groups is 2. The maximum atomic E-state index is 13.3. The zero-order chi connectivity index (χ0) is 19.0. The maximum Gasteiger partial charge on any atom is 0.296 e. The van der Waals surface area contributed by atoms with Crippen molar-refractivity contribution in [3.05, 3.63) is 66.5 Å². The van der Waals surface area contributed by atoms with Gasteiger partial charge in [0.05, 0.1) is 12.2 Å². The molecule has 27 heavy (non-hydrogen) atoms. The number of aromatic nitrogens is 1. The summed E-state index contributed by atoms with van der Waals surface area (Å²) in [7, 11) is 0. The van der Waals surface area contributed by atoms with Crippen molar-refractivity contribution in [1.29, 1.82) is 0 Å². The van der Waals surface area contributed by atoms with E-state index >= 15 is 0 Å². The first-order valence-corrected chi connectivity index (χ1v) is 9.19. The van der Waals surface area contributed by atoms with Crippen LogP contribution in [-0.2, 0) is 9.53 Å². The van der Waals surface area contributed by atoms with Crippen molar-refractivity contribution in [2.24, 2.45) is 0 Å². The predicted molar refractivity (Wildman–Crippen MR) is 104 cm³/mol. The maximum absolute atomic E-state index is 13.3. The Kier molecular flexibility index (Phi) is 4.54. The molecule has 0 radical (unpaired) electrons. The summed E-state index contributed by atoms with van der Waals surface area (Å²) in [5.74, 6) is -0.959. The quantitative estimate of drug-likeness (QED) is 0.530. The molecular formula is C22H22N2O3. The van der Waals surface area contributed by atoms with Gasteiger partial charge in [0.2, 0.25) is 0 Å².